The van der Waals surface area contributed by atoms with E-state index in [0.717, 1.165) is 45.7 Å². The van der Waals surface area contributed by atoms with Crippen LogP contribution < -0.4 is 10.1 Å². The summed E-state index contributed by atoms with van der Waals surface area (Å²) in [4.78, 5) is 25.7. The average molecular weight is 536 g/mol. The molecule has 0 heterocycles. The van der Waals surface area contributed by atoms with Crippen LogP contribution in [0.5, 0.6) is 5.75 Å². The molecule has 1 N–H and O–H groups in total. The number of hydrogen-bond acceptors (Lipinski definition) is 6. The molecule has 3 aromatic carbocycles. The van der Waals surface area contributed by atoms with Crippen LogP contribution in [-0.2, 0) is 27.5 Å². The van der Waals surface area contributed by atoms with Crippen LogP contribution in [0.4, 0.5) is 0 Å². The summed E-state index contributed by atoms with van der Waals surface area (Å²) in [5.74, 6) is 0.817. The summed E-state index contributed by atoms with van der Waals surface area (Å²) in [5, 5.41) is 2.88. The zero-order valence-corrected chi connectivity index (χ0v) is 23.4. The predicted octanol–water partition coefficient (Wildman–Crippen LogP) is 6.19. The Hall–Kier alpha value is -3.29. The number of hydrogen-bond donors (Lipinski definition) is 1. The van der Waals surface area contributed by atoms with Crippen LogP contribution >= 0.6 is 11.8 Å². The summed E-state index contributed by atoms with van der Waals surface area (Å²) in [6.45, 7) is 5.62. The third-order valence-electron chi connectivity index (χ3n) is 6.07. The van der Waals surface area contributed by atoms with Crippen molar-refractivity contribution < 1.29 is 23.8 Å². The van der Waals surface area contributed by atoms with Crippen LogP contribution in [-0.4, -0.2) is 43.6 Å². The van der Waals surface area contributed by atoms with Gasteiger partial charge in [-0.25, -0.2) is 4.79 Å². The molecule has 0 aliphatic carbocycles. The molecule has 6 nitrogen and oxygen atoms in total. The topological polar surface area (TPSA) is 73.9 Å². The van der Waals surface area contributed by atoms with E-state index in [1.807, 2.05) is 73.8 Å². The maximum absolute atomic E-state index is 13.4. The first-order valence-corrected chi connectivity index (χ1v) is 14.2. The summed E-state index contributed by atoms with van der Waals surface area (Å²) < 4.78 is 16.7. The molecule has 38 heavy (non-hydrogen) atoms. The molecule has 0 unspecified atom stereocenters. The molecule has 0 aliphatic rings. The van der Waals surface area contributed by atoms with Gasteiger partial charge in [0.15, 0.2) is 0 Å². The zero-order valence-electron chi connectivity index (χ0n) is 22.6. The number of nitrogens with one attached hydrogen (secondary N) is 1. The van der Waals surface area contributed by atoms with Crippen molar-refractivity contribution in [3.05, 3.63) is 89.0 Å². The largest absolute Gasteiger partial charge is 0.494 e. The van der Waals surface area contributed by atoms with Gasteiger partial charge in [-0.1, -0.05) is 49.4 Å². The van der Waals surface area contributed by atoms with Gasteiger partial charge in [0.05, 0.1) is 26.9 Å². The van der Waals surface area contributed by atoms with Gasteiger partial charge in [0.25, 0.3) is 5.91 Å². The normalized spacial score (nSPS) is 11.6. The third-order valence-corrected chi connectivity index (χ3v) is 6.72. The monoisotopic (exact) mass is 535 g/mol. The quantitative estimate of drug-likeness (QED) is 0.248. The second kappa shape index (κ2) is 15.2. The minimum Gasteiger partial charge on any atom is -0.494 e. The maximum Gasteiger partial charge on any atom is 0.328 e. The van der Waals surface area contributed by atoms with Crippen LogP contribution in [0.15, 0.2) is 66.7 Å². The SMILES string of the molecule is CCCOc1cccc(COCc2ccc(C(=O)N[C@@H](CCSC)C(=O)OC)c(-c3ccccc3C)c2)c1. The molecular weight excluding hydrogens is 498 g/mol. The van der Waals surface area contributed by atoms with Crippen molar-refractivity contribution in [1.29, 1.82) is 0 Å². The molecule has 0 saturated heterocycles. The smallest absolute Gasteiger partial charge is 0.328 e. The Kier molecular flexibility index (Phi) is 11.7. The Morgan fingerprint density at radius 3 is 2.42 bits per heavy atom. The summed E-state index contributed by atoms with van der Waals surface area (Å²) in [6.07, 6.45) is 3.42. The first-order chi connectivity index (χ1) is 18.5. The highest BCUT2D eigenvalue weighted by molar-refractivity contribution is 7.98. The number of thioether (sulfide) groups is 1. The van der Waals surface area contributed by atoms with Crippen molar-refractivity contribution >= 4 is 23.6 Å². The van der Waals surface area contributed by atoms with Crippen LogP contribution in [0, 0.1) is 6.92 Å². The number of carbonyl (C=O) groups excluding carboxylic acids is 2. The van der Waals surface area contributed by atoms with Gasteiger partial charge in [0, 0.05) is 5.56 Å². The summed E-state index contributed by atoms with van der Waals surface area (Å²) in [5.41, 5.74) is 5.29. The van der Waals surface area contributed by atoms with Gasteiger partial charge in [0.1, 0.15) is 11.8 Å². The number of aryl methyl sites for hydroxylation is 1. The fourth-order valence-corrected chi connectivity index (χ4v) is 4.54. The van der Waals surface area contributed by atoms with Crippen molar-refractivity contribution in [2.75, 3.05) is 25.7 Å². The number of methoxy groups -OCH3 is 1. The minimum absolute atomic E-state index is 0.309. The van der Waals surface area contributed by atoms with E-state index in [1.165, 1.54) is 7.11 Å². The molecule has 0 spiro atoms. The van der Waals surface area contributed by atoms with Gasteiger partial charge >= 0.3 is 5.97 Å². The summed E-state index contributed by atoms with van der Waals surface area (Å²) in [7, 11) is 1.34. The second-order valence-electron chi connectivity index (χ2n) is 9.01. The van der Waals surface area contributed by atoms with Gasteiger partial charge in [-0.2, -0.15) is 11.8 Å². The molecule has 7 heteroatoms. The number of amides is 1. The molecule has 0 radical (unpaired) electrons. The van der Waals surface area contributed by atoms with Crippen molar-refractivity contribution in [2.24, 2.45) is 0 Å². The maximum atomic E-state index is 13.4. The van der Waals surface area contributed by atoms with Gasteiger partial charge in [-0.3, -0.25) is 4.79 Å². The molecule has 3 aromatic rings. The van der Waals surface area contributed by atoms with E-state index < -0.39 is 12.0 Å². The summed E-state index contributed by atoms with van der Waals surface area (Å²) in [6, 6.07) is 20.9. The molecule has 1 amide bonds. The van der Waals surface area contributed by atoms with E-state index in [9.17, 15) is 9.59 Å². The van der Waals surface area contributed by atoms with Crippen LogP contribution in [0.3, 0.4) is 0 Å². The molecule has 0 fully saturated rings. The number of ether oxygens (including phenoxy) is 3. The Bertz CT molecular complexity index is 1210. The lowest BCUT2D eigenvalue weighted by molar-refractivity contribution is -0.142. The Balaban J connectivity index is 1.80. The average Bonchev–Trinajstić information content (AvgIpc) is 2.94. The lowest BCUT2D eigenvalue weighted by Crippen LogP contribution is -2.42. The summed E-state index contributed by atoms with van der Waals surface area (Å²) >= 11 is 1.61. The highest BCUT2D eigenvalue weighted by atomic mass is 32.2. The van der Waals surface area contributed by atoms with E-state index >= 15 is 0 Å². The van der Waals surface area contributed by atoms with Crippen molar-refractivity contribution in [3.8, 4) is 16.9 Å². The lowest BCUT2D eigenvalue weighted by Gasteiger charge is -2.19. The second-order valence-corrected chi connectivity index (χ2v) is 10.00. The highest BCUT2D eigenvalue weighted by Crippen LogP contribution is 2.29. The molecule has 1 atom stereocenters. The fourth-order valence-electron chi connectivity index (χ4n) is 4.07. The van der Waals surface area contributed by atoms with Crippen molar-refractivity contribution in [1.82, 2.24) is 5.32 Å². The molecule has 0 aromatic heterocycles. The van der Waals surface area contributed by atoms with Gasteiger partial charge in [-0.15, -0.1) is 0 Å². The van der Waals surface area contributed by atoms with E-state index in [-0.39, 0.29) is 5.91 Å². The van der Waals surface area contributed by atoms with Crippen molar-refractivity contribution in [3.63, 3.8) is 0 Å². The third kappa shape index (κ3) is 8.36. The van der Waals surface area contributed by atoms with Gasteiger partial charge < -0.3 is 19.5 Å². The van der Waals surface area contributed by atoms with E-state index in [4.69, 9.17) is 14.2 Å². The number of rotatable bonds is 14. The van der Waals surface area contributed by atoms with Gasteiger partial charge in [0.2, 0.25) is 0 Å². The first-order valence-electron chi connectivity index (χ1n) is 12.8. The Labute approximate surface area is 230 Å². The highest BCUT2D eigenvalue weighted by Gasteiger charge is 2.24. The zero-order chi connectivity index (χ0) is 27.3. The van der Waals surface area contributed by atoms with Crippen molar-refractivity contribution in [2.45, 2.75) is 45.9 Å². The van der Waals surface area contributed by atoms with Gasteiger partial charge in [-0.05, 0) is 83.9 Å². The Morgan fingerprint density at radius 1 is 0.947 bits per heavy atom. The minimum atomic E-state index is -0.704. The fraction of sp³-hybridized carbons (Fsp3) is 0.355. The lowest BCUT2D eigenvalue weighted by atomic mass is 9.93. The first kappa shape index (κ1) is 29.3. The number of esters is 1. The van der Waals surface area contributed by atoms with E-state index in [2.05, 4.69) is 12.2 Å². The molecule has 3 rings (SSSR count). The molecule has 0 bridgehead atoms. The Morgan fingerprint density at radius 2 is 1.71 bits per heavy atom. The molecule has 0 aliphatic heterocycles. The predicted molar refractivity (Wildman–Crippen MR) is 154 cm³/mol. The van der Waals surface area contributed by atoms with Crippen LogP contribution in [0.1, 0.15) is 46.8 Å². The van der Waals surface area contributed by atoms with Crippen LogP contribution in [0.25, 0.3) is 11.1 Å². The van der Waals surface area contributed by atoms with E-state index in [1.54, 1.807) is 17.8 Å². The molecule has 202 valence electrons. The standard InChI is InChI=1S/C31H37NO5S/c1-5-16-37-25-11-8-10-23(18-25)20-36-21-24-13-14-27(28(19-24)26-12-7-6-9-22(26)2)30(33)32-29(15-17-38-4)31(34)35-3/h6-14,18-19,29H,5,15-17,20-21H2,1-4H3,(H,32,33)/t29-/m0/s1. The van der Waals surface area contributed by atoms with Crippen LogP contribution in [0.2, 0.25) is 0 Å². The number of carbonyl (C=O) groups is 2. The molecular formula is C31H37NO5S. The number of benzene rings is 3. The molecule has 0 saturated carbocycles. The van der Waals surface area contributed by atoms with E-state index in [0.29, 0.717) is 31.8 Å².